The highest BCUT2D eigenvalue weighted by Gasteiger charge is 2.71. The van der Waals surface area contributed by atoms with Crippen molar-refractivity contribution in [1.82, 2.24) is 0 Å². The van der Waals surface area contributed by atoms with Crippen molar-refractivity contribution < 1.29 is 9.84 Å². The molecular formula is C18H18O2. The molecule has 0 aromatic heterocycles. The molecule has 102 valence electrons. The first-order chi connectivity index (χ1) is 9.77. The van der Waals surface area contributed by atoms with Crippen molar-refractivity contribution in [2.45, 2.75) is 36.6 Å². The summed E-state index contributed by atoms with van der Waals surface area (Å²) in [5, 5.41) is 11.6. The fourth-order valence-electron chi connectivity index (χ4n) is 3.80. The van der Waals surface area contributed by atoms with Crippen LogP contribution in [-0.2, 0) is 10.3 Å². The minimum absolute atomic E-state index is 0.202. The SMILES string of the molecule is OC(c1ccccc1)(c1ccccc1)[C@]12CCC[C@H]1O2. The zero-order valence-electron chi connectivity index (χ0n) is 11.3. The minimum atomic E-state index is -1.04. The van der Waals surface area contributed by atoms with Gasteiger partial charge in [-0.1, -0.05) is 60.7 Å². The highest BCUT2D eigenvalue weighted by atomic mass is 16.6. The monoisotopic (exact) mass is 266 g/mol. The van der Waals surface area contributed by atoms with Gasteiger partial charge in [0.1, 0.15) is 11.2 Å². The Kier molecular flexibility index (Phi) is 2.53. The van der Waals surface area contributed by atoms with Crippen molar-refractivity contribution >= 4 is 0 Å². The first-order valence-electron chi connectivity index (χ1n) is 7.29. The lowest BCUT2D eigenvalue weighted by Gasteiger charge is -2.34. The van der Waals surface area contributed by atoms with Crippen LogP contribution in [0.25, 0.3) is 0 Å². The van der Waals surface area contributed by atoms with Crippen LogP contribution in [0.2, 0.25) is 0 Å². The zero-order chi connectivity index (χ0) is 13.6. The molecule has 1 saturated heterocycles. The fraction of sp³-hybridized carbons (Fsp3) is 0.333. The average molecular weight is 266 g/mol. The molecule has 1 saturated carbocycles. The van der Waals surface area contributed by atoms with E-state index in [2.05, 4.69) is 0 Å². The van der Waals surface area contributed by atoms with Gasteiger partial charge in [-0.05, 0) is 30.4 Å². The molecule has 1 aliphatic heterocycles. The van der Waals surface area contributed by atoms with Gasteiger partial charge in [0.25, 0.3) is 0 Å². The van der Waals surface area contributed by atoms with Crippen LogP contribution in [0.1, 0.15) is 30.4 Å². The quantitative estimate of drug-likeness (QED) is 0.865. The van der Waals surface area contributed by atoms with Crippen molar-refractivity contribution in [3.8, 4) is 0 Å². The third-order valence-corrected chi connectivity index (χ3v) is 4.83. The van der Waals surface area contributed by atoms with E-state index >= 15 is 0 Å². The maximum atomic E-state index is 11.6. The number of benzene rings is 2. The lowest BCUT2D eigenvalue weighted by Crippen LogP contribution is -2.43. The molecule has 2 aromatic rings. The molecule has 2 aromatic carbocycles. The lowest BCUT2D eigenvalue weighted by atomic mass is 9.74. The summed E-state index contributed by atoms with van der Waals surface area (Å²) in [6, 6.07) is 19.9. The second-order valence-corrected chi connectivity index (χ2v) is 5.83. The maximum absolute atomic E-state index is 11.6. The van der Waals surface area contributed by atoms with E-state index in [1.165, 1.54) is 0 Å². The summed E-state index contributed by atoms with van der Waals surface area (Å²) in [5.41, 5.74) is 0.387. The van der Waals surface area contributed by atoms with Gasteiger partial charge in [0.15, 0.2) is 0 Å². The van der Waals surface area contributed by atoms with Crippen LogP contribution in [0.3, 0.4) is 0 Å². The van der Waals surface area contributed by atoms with E-state index in [0.717, 1.165) is 30.4 Å². The summed E-state index contributed by atoms with van der Waals surface area (Å²) in [6.45, 7) is 0. The third-order valence-electron chi connectivity index (χ3n) is 4.83. The second kappa shape index (κ2) is 4.18. The van der Waals surface area contributed by atoms with E-state index in [-0.39, 0.29) is 6.10 Å². The van der Waals surface area contributed by atoms with Crippen LogP contribution in [0.4, 0.5) is 0 Å². The predicted octanol–water partition coefficient (Wildman–Crippen LogP) is 3.24. The Morgan fingerprint density at radius 3 is 1.90 bits per heavy atom. The third kappa shape index (κ3) is 1.46. The summed E-state index contributed by atoms with van der Waals surface area (Å²) >= 11 is 0. The van der Waals surface area contributed by atoms with Gasteiger partial charge in [0.05, 0.1) is 6.10 Å². The van der Waals surface area contributed by atoms with E-state index in [0.29, 0.717) is 0 Å². The van der Waals surface area contributed by atoms with Crippen LogP contribution in [0.5, 0.6) is 0 Å². The van der Waals surface area contributed by atoms with Crippen molar-refractivity contribution in [2.24, 2.45) is 0 Å². The molecule has 2 fully saturated rings. The Morgan fingerprint density at radius 1 is 0.950 bits per heavy atom. The number of fused-ring (bicyclic) bond motifs is 1. The molecule has 0 amide bonds. The van der Waals surface area contributed by atoms with Gasteiger partial charge >= 0.3 is 0 Å². The summed E-state index contributed by atoms with van der Waals surface area (Å²) in [4.78, 5) is 0. The average Bonchev–Trinajstić information content (AvgIpc) is 3.10. The molecule has 0 unspecified atom stereocenters. The van der Waals surface area contributed by atoms with Gasteiger partial charge in [-0.2, -0.15) is 0 Å². The Labute approximate surface area is 119 Å². The van der Waals surface area contributed by atoms with Crippen LogP contribution in [-0.4, -0.2) is 16.8 Å². The molecule has 2 atom stereocenters. The van der Waals surface area contributed by atoms with Crippen LogP contribution in [0.15, 0.2) is 60.7 Å². The van der Waals surface area contributed by atoms with Gasteiger partial charge in [0, 0.05) is 0 Å². The van der Waals surface area contributed by atoms with Crippen molar-refractivity contribution in [2.75, 3.05) is 0 Å². The fourth-order valence-corrected chi connectivity index (χ4v) is 3.80. The van der Waals surface area contributed by atoms with E-state index in [1.807, 2.05) is 60.7 Å². The predicted molar refractivity (Wildman–Crippen MR) is 77.3 cm³/mol. The number of hydrogen-bond acceptors (Lipinski definition) is 2. The Balaban J connectivity index is 1.90. The Bertz CT molecular complexity index is 568. The van der Waals surface area contributed by atoms with E-state index in [9.17, 15) is 5.11 Å². The van der Waals surface area contributed by atoms with Crippen molar-refractivity contribution in [3.63, 3.8) is 0 Å². The Morgan fingerprint density at radius 2 is 1.50 bits per heavy atom. The van der Waals surface area contributed by atoms with Gasteiger partial charge in [-0.15, -0.1) is 0 Å². The maximum Gasteiger partial charge on any atom is 0.146 e. The van der Waals surface area contributed by atoms with Crippen molar-refractivity contribution in [1.29, 1.82) is 0 Å². The molecule has 1 N–H and O–H groups in total. The van der Waals surface area contributed by atoms with E-state index in [1.54, 1.807) is 0 Å². The first-order valence-corrected chi connectivity index (χ1v) is 7.29. The smallest absolute Gasteiger partial charge is 0.146 e. The molecule has 2 aliphatic rings. The first kappa shape index (κ1) is 12.1. The molecular weight excluding hydrogens is 248 g/mol. The topological polar surface area (TPSA) is 32.8 Å². The van der Waals surface area contributed by atoms with Gasteiger partial charge in [-0.25, -0.2) is 0 Å². The van der Waals surface area contributed by atoms with Gasteiger partial charge < -0.3 is 9.84 Å². The molecule has 0 radical (unpaired) electrons. The standard InChI is InChI=1S/C18H18O2/c19-18(14-8-3-1-4-9-14,15-10-5-2-6-11-15)17-13-7-12-16(17)20-17/h1-6,8-11,16,19H,7,12-13H2/t16-,17+/m1/s1. The highest BCUT2D eigenvalue weighted by Crippen LogP contribution is 2.61. The number of aliphatic hydroxyl groups is 1. The van der Waals surface area contributed by atoms with Gasteiger partial charge in [0.2, 0.25) is 0 Å². The van der Waals surface area contributed by atoms with Crippen LogP contribution < -0.4 is 0 Å². The highest BCUT2D eigenvalue weighted by molar-refractivity contribution is 5.43. The lowest BCUT2D eigenvalue weighted by molar-refractivity contribution is -0.0110. The summed E-state index contributed by atoms with van der Waals surface area (Å²) in [6.07, 6.45) is 3.32. The van der Waals surface area contributed by atoms with E-state index in [4.69, 9.17) is 4.74 Å². The van der Waals surface area contributed by atoms with E-state index < -0.39 is 11.2 Å². The Hall–Kier alpha value is -1.64. The molecule has 20 heavy (non-hydrogen) atoms. The summed E-state index contributed by atoms with van der Waals surface area (Å²) < 4.78 is 5.96. The number of rotatable bonds is 3. The molecule has 0 spiro atoms. The normalized spacial score (nSPS) is 28.1. The molecule has 1 aliphatic carbocycles. The zero-order valence-corrected chi connectivity index (χ0v) is 11.3. The number of epoxide rings is 1. The molecule has 1 heterocycles. The number of hydrogen-bond donors (Lipinski definition) is 1. The molecule has 4 rings (SSSR count). The summed E-state index contributed by atoms with van der Waals surface area (Å²) in [7, 11) is 0. The molecule has 2 nitrogen and oxygen atoms in total. The summed E-state index contributed by atoms with van der Waals surface area (Å²) in [5.74, 6) is 0. The largest absolute Gasteiger partial charge is 0.377 e. The van der Waals surface area contributed by atoms with Gasteiger partial charge in [-0.3, -0.25) is 0 Å². The van der Waals surface area contributed by atoms with Crippen molar-refractivity contribution in [3.05, 3.63) is 71.8 Å². The number of ether oxygens (including phenoxy) is 1. The molecule has 2 heteroatoms. The molecule has 0 bridgehead atoms. The van der Waals surface area contributed by atoms with Crippen LogP contribution in [0, 0.1) is 0 Å². The van der Waals surface area contributed by atoms with Crippen LogP contribution >= 0.6 is 0 Å². The second-order valence-electron chi connectivity index (χ2n) is 5.83. The minimum Gasteiger partial charge on any atom is -0.377 e.